The molecule has 0 aromatic carbocycles. The molecule has 0 heterocycles. The molecule has 0 amide bonds. The number of ether oxygens (including phenoxy) is 4. The van der Waals surface area contributed by atoms with E-state index in [1.165, 1.54) is 7.11 Å². The maximum atomic E-state index is 10.6. The van der Waals surface area contributed by atoms with E-state index >= 15 is 0 Å². The fourth-order valence-corrected chi connectivity index (χ4v) is 0.818. The van der Waals surface area contributed by atoms with Crippen LogP contribution in [0.2, 0.25) is 0 Å². The molecule has 0 aliphatic carbocycles. The van der Waals surface area contributed by atoms with Crippen LogP contribution in [0.1, 0.15) is 0 Å². The Kier molecular flexibility index (Phi) is 11.4. The van der Waals surface area contributed by atoms with Crippen molar-refractivity contribution in [3.8, 4) is 0 Å². The molecular formula is C9H17ClO5. The Labute approximate surface area is 94.6 Å². The molecule has 90 valence electrons. The standard InChI is InChI=1S/C9H17ClO5/c1-12-9(11)8-15-7-6-14-5-4-13-3-2-10/h2-8H2,1H3. The van der Waals surface area contributed by atoms with Crippen LogP contribution in [-0.4, -0.2) is 58.6 Å². The summed E-state index contributed by atoms with van der Waals surface area (Å²) in [6.07, 6.45) is 0. The van der Waals surface area contributed by atoms with Gasteiger partial charge >= 0.3 is 5.97 Å². The third-order valence-corrected chi connectivity index (χ3v) is 1.57. The van der Waals surface area contributed by atoms with Gasteiger partial charge < -0.3 is 18.9 Å². The molecule has 0 unspecified atom stereocenters. The van der Waals surface area contributed by atoms with Gasteiger partial charge in [0.1, 0.15) is 6.61 Å². The molecule has 0 fully saturated rings. The van der Waals surface area contributed by atoms with Crippen LogP contribution in [0.15, 0.2) is 0 Å². The summed E-state index contributed by atoms with van der Waals surface area (Å²) in [6, 6.07) is 0. The van der Waals surface area contributed by atoms with Gasteiger partial charge in [-0.25, -0.2) is 4.79 Å². The van der Waals surface area contributed by atoms with Gasteiger partial charge in [0.15, 0.2) is 0 Å². The third-order valence-electron chi connectivity index (χ3n) is 1.41. The second-order valence-electron chi connectivity index (χ2n) is 2.54. The van der Waals surface area contributed by atoms with Gasteiger partial charge in [-0.05, 0) is 0 Å². The van der Waals surface area contributed by atoms with Crippen LogP contribution >= 0.6 is 11.6 Å². The summed E-state index contributed by atoms with van der Waals surface area (Å²) < 4.78 is 19.6. The highest BCUT2D eigenvalue weighted by Crippen LogP contribution is 1.83. The minimum Gasteiger partial charge on any atom is -0.467 e. The molecule has 0 N–H and O–H groups in total. The van der Waals surface area contributed by atoms with E-state index in [4.69, 9.17) is 25.8 Å². The second-order valence-corrected chi connectivity index (χ2v) is 2.92. The number of hydrogen-bond acceptors (Lipinski definition) is 5. The summed E-state index contributed by atoms with van der Waals surface area (Å²) in [7, 11) is 1.32. The zero-order chi connectivity index (χ0) is 11.4. The lowest BCUT2D eigenvalue weighted by molar-refractivity contribution is -0.146. The molecule has 0 atom stereocenters. The van der Waals surface area contributed by atoms with Crippen LogP contribution < -0.4 is 0 Å². The number of halogens is 1. The van der Waals surface area contributed by atoms with Crippen molar-refractivity contribution in [2.45, 2.75) is 0 Å². The van der Waals surface area contributed by atoms with Crippen molar-refractivity contribution in [1.29, 1.82) is 0 Å². The van der Waals surface area contributed by atoms with Crippen molar-refractivity contribution in [2.75, 3.05) is 52.6 Å². The lowest BCUT2D eigenvalue weighted by Gasteiger charge is -2.05. The van der Waals surface area contributed by atoms with E-state index in [9.17, 15) is 4.79 Å². The molecule has 6 heteroatoms. The van der Waals surface area contributed by atoms with Gasteiger partial charge in [-0.2, -0.15) is 0 Å². The highest BCUT2D eigenvalue weighted by atomic mass is 35.5. The zero-order valence-electron chi connectivity index (χ0n) is 8.87. The van der Waals surface area contributed by atoms with E-state index in [0.717, 1.165) is 0 Å². The Morgan fingerprint density at radius 3 is 2.07 bits per heavy atom. The highest BCUT2D eigenvalue weighted by Gasteiger charge is 1.98. The monoisotopic (exact) mass is 240 g/mol. The third kappa shape index (κ3) is 11.6. The maximum Gasteiger partial charge on any atom is 0.331 e. The number of esters is 1. The minimum absolute atomic E-state index is 0.0391. The zero-order valence-corrected chi connectivity index (χ0v) is 9.62. The van der Waals surface area contributed by atoms with Crippen LogP contribution in [0, 0.1) is 0 Å². The first-order valence-electron chi connectivity index (χ1n) is 4.67. The van der Waals surface area contributed by atoms with Crippen LogP contribution in [-0.2, 0) is 23.7 Å². The van der Waals surface area contributed by atoms with E-state index in [-0.39, 0.29) is 12.6 Å². The molecule has 0 aliphatic rings. The molecular weight excluding hydrogens is 224 g/mol. The summed E-state index contributed by atoms with van der Waals surface area (Å²) in [5.41, 5.74) is 0. The Bertz CT molecular complexity index is 153. The Morgan fingerprint density at radius 1 is 1.00 bits per heavy atom. The molecule has 0 aromatic heterocycles. The van der Waals surface area contributed by atoms with Crippen molar-refractivity contribution in [1.82, 2.24) is 0 Å². The van der Waals surface area contributed by atoms with Crippen molar-refractivity contribution in [3.05, 3.63) is 0 Å². The molecule has 0 rings (SSSR count). The first-order valence-corrected chi connectivity index (χ1v) is 5.20. The van der Waals surface area contributed by atoms with Gasteiger partial charge in [0, 0.05) is 5.88 Å². The van der Waals surface area contributed by atoms with Gasteiger partial charge in [-0.3, -0.25) is 0 Å². The summed E-state index contributed by atoms with van der Waals surface area (Å²) in [4.78, 5) is 10.6. The Balaban J connectivity index is 2.95. The lowest BCUT2D eigenvalue weighted by Crippen LogP contribution is -2.14. The fourth-order valence-electron chi connectivity index (χ4n) is 0.709. The molecule has 0 bridgehead atoms. The van der Waals surface area contributed by atoms with E-state index in [0.29, 0.717) is 38.9 Å². The van der Waals surface area contributed by atoms with Gasteiger partial charge in [0.2, 0.25) is 0 Å². The van der Waals surface area contributed by atoms with E-state index < -0.39 is 0 Å². The number of hydrogen-bond donors (Lipinski definition) is 0. The SMILES string of the molecule is COC(=O)COCCOCCOCCCl. The number of rotatable bonds is 10. The maximum absolute atomic E-state index is 10.6. The first-order chi connectivity index (χ1) is 7.31. The average Bonchev–Trinajstić information content (AvgIpc) is 2.26. The van der Waals surface area contributed by atoms with Crippen molar-refractivity contribution < 1.29 is 23.7 Å². The average molecular weight is 241 g/mol. The smallest absolute Gasteiger partial charge is 0.331 e. The largest absolute Gasteiger partial charge is 0.467 e. The van der Waals surface area contributed by atoms with Gasteiger partial charge in [0.05, 0.1) is 40.1 Å². The van der Waals surface area contributed by atoms with Gasteiger partial charge in [0.25, 0.3) is 0 Å². The fraction of sp³-hybridized carbons (Fsp3) is 0.889. The quantitative estimate of drug-likeness (QED) is 0.315. The molecule has 5 nitrogen and oxygen atoms in total. The summed E-state index contributed by atoms with van der Waals surface area (Å²) in [6.45, 7) is 2.31. The Hall–Kier alpha value is -0.360. The molecule has 0 saturated carbocycles. The first kappa shape index (κ1) is 14.6. The summed E-state index contributed by atoms with van der Waals surface area (Å²) >= 11 is 5.40. The summed E-state index contributed by atoms with van der Waals surface area (Å²) in [5, 5.41) is 0. The van der Waals surface area contributed by atoms with Crippen molar-refractivity contribution in [3.63, 3.8) is 0 Å². The van der Waals surface area contributed by atoms with Crippen LogP contribution in [0.5, 0.6) is 0 Å². The molecule has 15 heavy (non-hydrogen) atoms. The summed E-state index contributed by atoms with van der Waals surface area (Å²) in [5.74, 6) is 0.0999. The molecule has 0 saturated heterocycles. The van der Waals surface area contributed by atoms with E-state index in [1.807, 2.05) is 0 Å². The van der Waals surface area contributed by atoms with Crippen molar-refractivity contribution >= 4 is 17.6 Å². The molecule has 0 aliphatic heterocycles. The van der Waals surface area contributed by atoms with Crippen LogP contribution in [0.25, 0.3) is 0 Å². The van der Waals surface area contributed by atoms with Crippen LogP contribution in [0.4, 0.5) is 0 Å². The van der Waals surface area contributed by atoms with Gasteiger partial charge in [-0.1, -0.05) is 0 Å². The predicted molar refractivity (Wildman–Crippen MR) is 55.2 cm³/mol. The highest BCUT2D eigenvalue weighted by molar-refractivity contribution is 6.17. The topological polar surface area (TPSA) is 54.0 Å². The number of methoxy groups -OCH3 is 1. The van der Waals surface area contributed by atoms with E-state index in [2.05, 4.69) is 4.74 Å². The minimum atomic E-state index is -0.388. The number of carbonyl (C=O) groups is 1. The second kappa shape index (κ2) is 11.7. The van der Waals surface area contributed by atoms with Crippen LogP contribution in [0.3, 0.4) is 0 Å². The molecule has 0 spiro atoms. The van der Waals surface area contributed by atoms with Crippen molar-refractivity contribution in [2.24, 2.45) is 0 Å². The number of alkyl halides is 1. The Morgan fingerprint density at radius 2 is 1.53 bits per heavy atom. The predicted octanol–water partition coefficient (Wildman–Crippen LogP) is 0.448. The number of carbonyl (C=O) groups excluding carboxylic acids is 1. The van der Waals surface area contributed by atoms with E-state index in [1.54, 1.807) is 0 Å². The molecule has 0 radical (unpaired) electrons. The molecule has 0 aromatic rings. The lowest BCUT2D eigenvalue weighted by atomic mass is 10.7. The van der Waals surface area contributed by atoms with Gasteiger partial charge in [-0.15, -0.1) is 11.6 Å². The normalized spacial score (nSPS) is 10.3.